The van der Waals surface area contributed by atoms with Crippen LogP contribution in [0.2, 0.25) is 0 Å². The molecule has 102 valence electrons. The molecule has 0 aromatic rings. The standard InChI is InChI=1S/C14H23NO3/c1-18-8-12(13(16)17)15-14-5-9-2-10(6-14)4-11(3-9)7-14/h9-12,15H,2-8H2,1H3,(H,16,17). The Morgan fingerprint density at radius 2 is 1.78 bits per heavy atom. The number of nitrogens with one attached hydrogen (secondary N) is 1. The molecule has 4 aliphatic carbocycles. The monoisotopic (exact) mass is 253 g/mol. The Bertz CT molecular complexity index is 307. The second kappa shape index (κ2) is 4.49. The van der Waals surface area contributed by atoms with Crippen molar-refractivity contribution in [1.29, 1.82) is 0 Å². The molecular weight excluding hydrogens is 230 g/mol. The first-order valence-electron chi connectivity index (χ1n) is 7.10. The predicted octanol–water partition coefficient (Wildman–Crippen LogP) is 1.64. The van der Waals surface area contributed by atoms with E-state index in [4.69, 9.17) is 4.74 Å². The zero-order valence-electron chi connectivity index (χ0n) is 11.0. The van der Waals surface area contributed by atoms with Gasteiger partial charge in [0.15, 0.2) is 0 Å². The molecule has 18 heavy (non-hydrogen) atoms. The molecule has 0 heterocycles. The van der Waals surface area contributed by atoms with Gasteiger partial charge in [0, 0.05) is 12.6 Å². The maximum atomic E-state index is 11.3. The summed E-state index contributed by atoms with van der Waals surface area (Å²) >= 11 is 0. The third-order valence-corrected chi connectivity index (χ3v) is 5.15. The highest BCUT2D eigenvalue weighted by Gasteiger charge is 2.51. The van der Waals surface area contributed by atoms with Crippen molar-refractivity contribution in [2.75, 3.05) is 13.7 Å². The Hall–Kier alpha value is -0.610. The zero-order chi connectivity index (χ0) is 12.8. The van der Waals surface area contributed by atoms with Gasteiger partial charge in [0.2, 0.25) is 0 Å². The lowest BCUT2D eigenvalue weighted by molar-refractivity contribution is -0.143. The van der Waals surface area contributed by atoms with Crippen molar-refractivity contribution in [1.82, 2.24) is 5.32 Å². The Morgan fingerprint density at radius 1 is 1.28 bits per heavy atom. The topological polar surface area (TPSA) is 58.6 Å². The maximum absolute atomic E-state index is 11.3. The van der Waals surface area contributed by atoms with Gasteiger partial charge in [0.05, 0.1) is 6.61 Å². The molecule has 0 aliphatic heterocycles. The van der Waals surface area contributed by atoms with Gasteiger partial charge < -0.3 is 9.84 Å². The van der Waals surface area contributed by atoms with E-state index in [1.165, 1.54) is 38.5 Å². The fourth-order valence-corrected chi connectivity index (χ4v) is 5.00. The van der Waals surface area contributed by atoms with E-state index in [0.29, 0.717) is 0 Å². The summed E-state index contributed by atoms with van der Waals surface area (Å²) in [7, 11) is 1.57. The largest absolute Gasteiger partial charge is 0.480 e. The van der Waals surface area contributed by atoms with E-state index in [1.807, 2.05) is 0 Å². The highest BCUT2D eigenvalue weighted by Crippen LogP contribution is 2.55. The fraction of sp³-hybridized carbons (Fsp3) is 0.929. The van der Waals surface area contributed by atoms with Gasteiger partial charge in [0.25, 0.3) is 0 Å². The van der Waals surface area contributed by atoms with Crippen LogP contribution in [0, 0.1) is 17.8 Å². The second-order valence-electron chi connectivity index (χ2n) is 6.69. The van der Waals surface area contributed by atoms with Crippen LogP contribution < -0.4 is 5.32 Å². The summed E-state index contributed by atoms with van der Waals surface area (Å²) in [5, 5.41) is 12.7. The maximum Gasteiger partial charge on any atom is 0.323 e. The normalized spacial score (nSPS) is 43.1. The van der Waals surface area contributed by atoms with Crippen LogP contribution in [0.5, 0.6) is 0 Å². The average Bonchev–Trinajstić information content (AvgIpc) is 2.26. The van der Waals surface area contributed by atoms with E-state index in [9.17, 15) is 9.90 Å². The number of aliphatic carboxylic acids is 1. The fourth-order valence-electron chi connectivity index (χ4n) is 5.00. The van der Waals surface area contributed by atoms with Gasteiger partial charge in [-0.25, -0.2) is 0 Å². The number of carboxylic acids is 1. The summed E-state index contributed by atoms with van der Waals surface area (Å²) in [5.41, 5.74) is 0.0936. The Morgan fingerprint density at radius 3 is 2.17 bits per heavy atom. The molecule has 4 saturated carbocycles. The highest BCUT2D eigenvalue weighted by atomic mass is 16.5. The number of ether oxygens (including phenoxy) is 1. The molecular formula is C14H23NO3. The summed E-state index contributed by atoms with van der Waals surface area (Å²) in [6.45, 7) is 0.261. The molecule has 2 N–H and O–H groups in total. The Labute approximate surface area is 108 Å². The third kappa shape index (κ3) is 2.16. The number of hydrogen-bond acceptors (Lipinski definition) is 3. The van der Waals surface area contributed by atoms with E-state index in [0.717, 1.165) is 17.8 Å². The van der Waals surface area contributed by atoms with Crippen LogP contribution >= 0.6 is 0 Å². The minimum Gasteiger partial charge on any atom is -0.480 e. The molecule has 4 nitrogen and oxygen atoms in total. The first-order chi connectivity index (χ1) is 8.60. The van der Waals surface area contributed by atoms with Crippen molar-refractivity contribution in [2.24, 2.45) is 17.8 Å². The Balaban J connectivity index is 1.72. The molecule has 1 unspecified atom stereocenters. The molecule has 0 spiro atoms. The number of methoxy groups -OCH3 is 1. The quantitative estimate of drug-likeness (QED) is 0.782. The van der Waals surface area contributed by atoms with Gasteiger partial charge in [-0.1, -0.05) is 0 Å². The van der Waals surface area contributed by atoms with Crippen molar-refractivity contribution in [3.63, 3.8) is 0 Å². The predicted molar refractivity (Wildman–Crippen MR) is 67.3 cm³/mol. The summed E-state index contributed by atoms with van der Waals surface area (Å²) in [6.07, 6.45) is 7.65. The van der Waals surface area contributed by atoms with Crippen molar-refractivity contribution in [2.45, 2.75) is 50.1 Å². The van der Waals surface area contributed by atoms with Gasteiger partial charge in [-0.3, -0.25) is 10.1 Å². The smallest absolute Gasteiger partial charge is 0.323 e. The van der Waals surface area contributed by atoms with Crippen LogP contribution in [-0.4, -0.2) is 36.4 Å². The summed E-state index contributed by atoms with van der Waals surface area (Å²) < 4.78 is 5.04. The van der Waals surface area contributed by atoms with Crippen LogP contribution in [-0.2, 0) is 9.53 Å². The Kier molecular flexibility index (Phi) is 3.10. The van der Waals surface area contributed by atoms with E-state index >= 15 is 0 Å². The molecule has 0 saturated heterocycles. The van der Waals surface area contributed by atoms with Crippen molar-refractivity contribution >= 4 is 5.97 Å². The number of rotatable bonds is 5. The van der Waals surface area contributed by atoms with E-state index in [1.54, 1.807) is 7.11 Å². The molecule has 4 rings (SSSR count). The third-order valence-electron chi connectivity index (χ3n) is 5.15. The van der Waals surface area contributed by atoms with Crippen molar-refractivity contribution in [3.8, 4) is 0 Å². The number of carbonyl (C=O) groups is 1. The first kappa shape index (κ1) is 12.4. The highest BCUT2D eigenvalue weighted by molar-refractivity contribution is 5.73. The molecule has 0 aromatic carbocycles. The molecule has 0 radical (unpaired) electrons. The first-order valence-corrected chi connectivity index (χ1v) is 7.10. The average molecular weight is 253 g/mol. The SMILES string of the molecule is COCC(NC12CC3CC(CC(C3)C1)C2)C(=O)O. The molecule has 0 amide bonds. The molecule has 4 aliphatic rings. The second-order valence-corrected chi connectivity index (χ2v) is 6.69. The zero-order valence-corrected chi connectivity index (χ0v) is 11.0. The van der Waals surface area contributed by atoms with E-state index in [-0.39, 0.29) is 12.1 Å². The van der Waals surface area contributed by atoms with E-state index < -0.39 is 12.0 Å². The minimum atomic E-state index is -0.785. The minimum absolute atomic E-state index is 0.0936. The van der Waals surface area contributed by atoms with Crippen LogP contribution in [0.1, 0.15) is 38.5 Å². The van der Waals surface area contributed by atoms with Crippen molar-refractivity contribution in [3.05, 3.63) is 0 Å². The molecule has 1 atom stereocenters. The van der Waals surface area contributed by atoms with Gasteiger partial charge in [-0.15, -0.1) is 0 Å². The summed E-state index contributed by atoms with van der Waals surface area (Å²) in [5.74, 6) is 1.72. The summed E-state index contributed by atoms with van der Waals surface area (Å²) in [4.78, 5) is 11.3. The lowest BCUT2D eigenvalue weighted by atomic mass is 9.53. The lowest BCUT2D eigenvalue weighted by Crippen LogP contribution is -2.62. The summed E-state index contributed by atoms with van der Waals surface area (Å²) in [6, 6.07) is -0.550. The molecule has 0 aromatic heterocycles. The molecule has 4 fully saturated rings. The van der Waals surface area contributed by atoms with Gasteiger partial charge in [-0.05, 0) is 56.3 Å². The molecule has 4 heteroatoms. The van der Waals surface area contributed by atoms with Gasteiger partial charge >= 0.3 is 5.97 Å². The molecule has 4 bridgehead atoms. The van der Waals surface area contributed by atoms with Gasteiger partial charge in [0.1, 0.15) is 6.04 Å². The van der Waals surface area contributed by atoms with Crippen LogP contribution in [0.3, 0.4) is 0 Å². The lowest BCUT2D eigenvalue weighted by Gasteiger charge is -2.57. The van der Waals surface area contributed by atoms with Crippen molar-refractivity contribution < 1.29 is 14.6 Å². The van der Waals surface area contributed by atoms with Gasteiger partial charge in [-0.2, -0.15) is 0 Å². The number of hydrogen-bond donors (Lipinski definition) is 2. The van der Waals surface area contributed by atoms with Crippen LogP contribution in [0.4, 0.5) is 0 Å². The van der Waals surface area contributed by atoms with Crippen LogP contribution in [0.25, 0.3) is 0 Å². The number of carboxylic acid groups (broad SMARTS) is 1. The van der Waals surface area contributed by atoms with Crippen LogP contribution in [0.15, 0.2) is 0 Å². The van der Waals surface area contributed by atoms with E-state index in [2.05, 4.69) is 5.32 Å².